The Morgan fingerprint density at radius 2 is 2.00 bits per heavy atom. The Labute approximate surface area is 188 Å². The van der Waals surface area contributed by atoms with Crippen molar-refractivity contribution in [3.05, 3.63) is 42.2 Å². The zero-order valence-corrected chi connectivity index (χ0v) is 18.6. The Morgan fingerprint density at radius 3 is 2.75 bits per heavy atom. The van der Waals surface area contributed by atoms with E-state index in [0.717, 1.165) is 50.0 Å². The van der Waals surface area contributed by atoms with Gasteiger partial charge < -0.3 is 15.0 Å². The first-order chi connectivity index (χ1) is 15.6. The number of nitrogens with one attached hydrogen (secondary N) is 1. The fraction of sp³-hybridized carbons (Fsp3) is 0.500. The highest BCUT2D eigenvalue weighted by Gasteiger charge is 2.55. The van der Waals surface area contributed by atoms with Crippen LogP contribution in [-0.2, 0) is 0 Å². The second-order valence-corrected chi connectivity index (χ2v) is 10.2. The minimum atomic E-state index is -0.298. The third kappa shape index (κ3) is 3.15. The van der Waals surface area contributed by atoms with Crippen LogP contribution in [0.2, 0.25) is 0 Å². The van der Waals surface area contributed by atoms with Gasteiger partial charge in [-0.25, -0.2) is 9.97 Å². The summed E-state index contributed by atoms with van der Waals surface area (Å²) in [5.74, 6) is 1.96. The van der Waals surface area contributed by atoms with E-state index < -0.39 is 0 Å². The standard InChI is InChI=1S/C26H30N4O2/c1-26(8-3-2-4-9-26)24(32)18-11-27-25-23(18)29-22(12-28-25)16-6-5-7-17(10-16)30-13-19-20(14-30)21(19)15-31/h5-7,10-12,19-21,31H,2-4,8-9,13-15H2,1H3,(H,27,28)/t19-,20+,21-. The molecule has 2 N–H and O–H groups in total. The molecule has 166 valence electrons. The first-order valence-electron chi connectivity index (χ1n) is 11.9. The van der Waals surface area contributed by atoms with Crippen molar-refractivity contribution in [2.45, 2.75) is 39.0 Å². The van der Waals surface area contributed by atoms with Crippen molar-refractivity contribution in [3.8, 4) is 11.3 Å². The van der Waals surface area contributed by atoms with Crippen molar-refractivity contribution >= 4 is 22.6 Å². The van der Waals surface area contributed by atoms with E-state index in [-0.39, 0.29) is 11.2 Å². The molecule has 32 heavy (non-hydrogen) atoms. The molecule has 0 unspecified atom stereocenters. The highest BCUT2D eigenvalue weighted by Crippen LogP contribution is 2.52. The largest absolute Gasteiger partial charge is 0.396 e. The number of nitrogens with zero attached hydrogens (tertiary/aromatic N) is 3. The van der Waals surface area contributed by atoms with E-state index in [1.165, 1.54) is 12.1 Å². The minimum Gasteiger partial charge on any atom is -0.396 e. The van der Waals surface area contributed by atoms with Gasteiger partial charge in [-0.05, 0) is 42.7 Å². The highest BCUT2D eigenvalue weighted by molar-refractivity contribution is 6.08. The minimum absolute atomic E-state index is 0.193. The lowest BCUT2D eigenvalue weighted by atomic mass is 9.71. The number of fused-ring (bicyclic) bond motifs is 2. The molecule has 2 aliphatic carbocycles. The molecule has 0 amide bonds. The van der Waals surface area contributed by atoms with Crippen LogP contribution in [0.4, 0.5) is 5.69 Å². The maximum atomic E-state index is 13.4. The van der Waals surface area contributed by atoms with E-state index in [9.17, 15) is 9.90 Å². The van der Waals surface area contributed by atoms with Crippen molar-refractivity contribution < 1.29 is 9.90 Å². The molecular formula is C26H30N4O2. The summed E-state index contributed by atoms with van der Waals surface area (Å²) >= 11 is 0. The van der Waals surface area contributed by atoms with Gasteiger partial charge in [-0.3, -0.25) is 4.79 Å². The fourth-order valence-electron chi connectivity index (χ4n) is 6.08. The predicted molar refractivity (Wildman–Crippen MR) is 125 cm³/mol. The van der Waals surface area contributed by atoms with Gasteiger partial charge in [0, 0.05) is 42.6 Å². The molecule has 2 aromatic heterocycles. The molecule has 1 aromatic carbocycles. The number of carbonyl (C=O) groups excluding carboxylic acids is 1. The van der Waals surface area contributed by atoms with Gasteiger partial charge in [0.05, 0.1) is 17.5 Å². The van der Waals surface area contributed by atoms with Crippen LogP contribution in [0.1, 0.15) is 49.4 Å². The number of hydrogen-bond acceptors (Lipinski definition) is 5. The summed E-state index contributed by atoms with van der Waals surface area (Å²) in [6, 6.07) is 8.44. The van der Waals surface area contributed by atoms with Crippen molar-refractivity contribution in [3.63, 3.8) is 0 Å². The number of rotatable bonds is 5. The van der Waals surface area contributed by atoms with Crippen LogP contribution < -0.4 is 4.90 Å². The number of aliphatic hydroxyl groups is 1. The molecule has 6 heteroatoms. The third-order valence-electron chi connectivity index (χ3n) is 8.22. The van der Waals surface area contributed by atoms with Crippen molar-refractivity contribution in [2.24, 2.45) is 23.2 Å². The van der Waals surface area contributed by atoms with Gasteiger partial charge in [-0.1, -0.05) is 38.3 Å². The lowest BCUT2D eigenvalue weighted by Gasteiger charge is -2.31. The Kier molecular flexibility index (Phi) is 4.61. The van der Waals surface area contributed by atoms with E-state index >= 15 is 0 Å². The number of anilines is 1. The fourth-order valence-corrected chi connectivity index (χ4v) is 6.08. The molecule has 1 aliphatic heterocycles. The van der Waals surface area contributed by atoms with E-state index in [1.54, 1.807) is 12.4 Å². The number of H-pyrrole nitrogens is 1. The van der Waals surface area contributed by atoms with Crippen LogP contribution in [-0.4, -0.2) is 45.5 Å². The second kappa shape index (κ2) is 7.41. The average Bonchev–Trinajstić information content (AvgIpc) is 3.15. The monoisotopic (exact) mass is 430 g/mol. The van der Waals surface area contributed by atoms with Gasteiger partial charge >= 0.3 is 0 Å². The Bertz CT molecular complexity index is 1170. The maximum Gasteiger partial charge on any atom is 0.172 e. The van der Waals surface area contributed by atoms with Gasteiger partial charge in [-0.15, -0.1) is 0 Å². The van der Waals surface area contributed by atoms with Gasteiger partial charge in [0.15, 0.2) is 11.4 Å². The first-order valence-corrected chi connectivity index (χ1v) is 11.9. The molecule has 1 saturated heterocycles. The Morgan fingerprint density at radius 1 is 1.22 bits per heavy atom. The first kappa shape index (κ1) is 19.9. The molecule has 3 atom stereocenters. The van der Waals surface area contributed by atoms with Crippen LogP contribution >= 0.6 is 0 Å². The topological polar surface area (TPSA) is 82.1 Å². The SMILES string of the molecule is CC1(C(=O)c2c[nH]c3ncc(-c4cccc(N5C[C@@H]6[C@H](CO)[C@@H]6C5)c4)nc23)CCCCC1. The predicted octanol–water partition coefficient (Wildman–Crippen LogP) is 4.45. The summed E-state index contributed by atoms with van der Waals surface area (Å²) in [6.07, 6.45) is 8.93. The Balaban J connectivity index is 1.30. The second-order valence-electron chi connectivity index (χ2n) is 10.2. The molecule has 6 nitrogen and oxygen atoms in total. The lowest BCUT2D eigenvalue weighted by Crippen LogP contribution is -2.30. The van der Waals surface area contributed by atoms with Gasteiger partial charge in [0.2, 0.25) is 0 Å². The molecule has 6 rings (SSSR count). The molecule has 3 fully saturated rings. The molecule has 3 aliphatic rings. The lowest BCUT2D eigenvalue weighted by molar-refractivity contribution is 0.0751. The van der Waals surface area contributed by atoms with Crippen LogP contribution in [0.5, 0.6) is 0 Å². The summed E-state index contributed by atoms with van der Waals surface area (Å²) in [4.78, 5) is 28.5. The average molecular weight is 431 g/mol. The third-order valence-corrected chi connectivity index (χ3v) is 8.22. The Hall–Kier alpha value is -2.73. The van der Waals surface area contributed by atoms with Gasteiger partial charge in [0.25, 0.3) is 0 Å². The molecular weight excluding hydrogens is 400 g/mol. The normalized spacial score (nSPS) is 26.3. The summed E-state index contributed by atoms with van der Waals surface area (Å²) in [5.41, 5.74) is 4.71. The summed E-state index contributed by atoms with van der Waals surface area (Å²) in [6.45, 7) is 4.45. The maximum absolute atomic E-state index is 13.4. The number of aromatic amines is 1. The van der Waals surface area contributed by atoms with E-state index in [1.807, 2.05) is 0 Å². The van der Waals surface area contributed by atoms with Crippen LogP contribution in [0, 0.1) is 23.2 Å². The zero-order valence-electron chi connectivity index (χ0n) is 18.6. The van der Waals surface area contributed by atoms with Gasteiger partial charge in [-0.2, -0.15) is 0 Å². The van der Waals surface area contributed by atoms with Crippen molar-refractivity contribution in [2.75, 3.05) is 24.6 Å². The number of carbonyl (C=O) groups is 1. The van der Waals surface area contributed by atoms with Crippen molar-refractivity contribution in [1.82, 2.24) is 15.0 Å². The molecule has 2 saturated carbocycles. The number of benzene rings is 1. The van der Waals surface area contributed by atoms with E-state index in [2.05, 4.69) is 46.1 Å². The van der Waals surface area contributed by atoms with Crippen LogP contribution in [0.25, 0.3) is 22.4 Å². The summed E-state index contributed by atoms with van der Waals surface area (Å²) in [7, 11) is 0. The number of aromatic nitrogens is 3. The summed E-state index contributed by atoms with van der Waals surface area (Å²) < 4.78 is 0. The van der Waals surface area contributed by atoms with Crippen LogP contribution in [0.3, 0.4) is 0 Å². The number of piperidine rings is 1. The summed E-state index contributed by atoms with van der Waals surface area (Å²) in [5, 5.41) is 9.43. The molecule has 3 aromatic rings. The van der Waals surface area contributed by atoms with Crippen LogP contribution in [0.15, 0.2) is 36.7 Å². The van der Waals surface area contributed by atoms with E-state index in [4.69, 9.17) is 4.98 Å². The number of ketones is 1. The smallest absolute Gasteiger partial charge is 0.172 e. The molecule has 3 heterocycles. The molecule has 0 spiro atoms. The van der Waals surface area contributed by atoms with Crippen molar-refractivity contribution in [1.29, 1.82) is 0 Å². The number of Topliss-reactive ketones (excluding diaryl/α,β-unsaturated/α-hetero) is 1. The number of hydrogen-bond donors (Lipinski definition) is 2. The van der Waals surface area contributed by atoms with Gasteiger partial charge in [0.1, 0.15) is 5.52 Å². The molecule has 0 radical (unpaired) electrons. The molecule has 0 bridgehead atoms. The zero-order chi connectivity index (χ0) is 21.9. The number of aliphatic hydroxyl groups excluding tert-OH is 1. The quantitative estimate of drug-likeness (QED) is 0.585. The highest BCUT2D eigenvalue weighted by atomic mass is 16.3. The van der Waals surface area contributed by atoms with E-state index in [0.29, 0.717) is 41.1 Å².